The zero-order chi connectivity index (χ0) is 12.4. The van der Waals surface area contributed by atoms with Crippen LogP contribution in [0.5, 0.6) is 0 Å². The highest BCUT2D eigenvalue weighted by atomic mass is 28.4. The molecule has 1 aliphatic rings. The maximum Gasteiger partial charge on any atom is 0.332 e. The molecule has 94 valence electrons. The summed E-state index contributed by atoms with van der Waals surface area (Å²) in [5, 5.41) is 0.193. The lowest BCUT2D eigenvalue weighted by Crippen LogP contribution is -2.45. The normalized spacial score (nSPS) is 23.1. The Hall–Kier alpha value is -0.393. The molecule has 0 spiro atoms. The molecule has 1 rings (SSSR count). The van der Waals surface area contributed by atoms with Crippen LogP contribution in [0.15, 0.2) is 0 Å². The third-order valence-corrected chi connectivity index (χ3v) is 7.80. The average molecular weight is 246 g/mol. The highest BCUT2D eigenvalue weighted by molar-refractivity contribution is 6.74. The molecule has 1 aliphatic heterocycles. The van der Waals surface area contributed by atoms with Gasteiger partial charge in [-0.1, -0.05) is 20.8 Å². The molecule has 0 radical (unpaired) electrons. The SMILES string of the molecule is CC(C)(C)[Si](C)(C)OCC1COC(=O)CO1. The molecule has 5 heteroatoms. The molecular formula is C11H22O4Si. The van der Waals surface area contributed by atoms with E-state index in [1.165, 1.54) is 0 Å². The Balaban J connectivity index is 2.37. The Bertz CT molecular complexity index is 247. The van der Waals surface area contributed by atoms with Gasteiger partial charge in [0.15, 0.2) is 8.32 Å². The topological polar surface area (TPSA) is 44.8 Å². The fourth-order valence-electron chi connectivity index (χ4n) is 1.08. The number of rotatable bonds is 3. The highest BCUT2D eigenvalue weighted by Crippen LogP contribution is 2.36. The summed E-state index contributed by atoms with van der Waals surface area (Å²) in [6, 6.07) is 0. The lowest BCUT2D eigenvalue weighted by molar-refractivity contribution is -0.170. The predicted molar refractivity (Wildman–Crippen MR) is 63.8 cm³/mol. The van der Waals surface area contributed by atoms with Crippen LogP contribution in [-0.2, 0) is 18.7 Å². The molecule has 1 unspecified atom stereocenters. The number of hydrogen-bond donors (Lipinski definition) is 0. The second kappa shape index (κ2) is 4.85. The van der Waals surface area contributed by atoms with E-state index in [-0.39, 0.29) is 23.7 Å². The van der Waals surface area contributed by atoms with Crippen LogP contribution >= 0.6 is 0 Å². The first kappa shape index (κ1) is 13.7. The number of esters is 1. The first-order chi connectivity index (χ1) is 7.22. The van der Waals surface area contributed by atoms with E-state index in [1.807, 2.05) is 0 Å². The zero-order valence-corrected chi connectivity index (χ0v) is 11.8. The van der Waals surface area contributed by atoms with E-state index < -0.39 is 8.32 Å². The first-order valence-corrected chi connectivity index (χ1v) is 8.54. The van der Waals surface area contributed by atoms with Gasteiger partial charge in [-0.25, -0.2) is 4.79 Å². The summed E-state index contributed by atoms with van der Waals surface area (Å²) < 4.78 is 16.2. The second-order valence-electron chi connectivity index (χ2n) is 5.69. The van der Waals surface area contributed by atoms with Crippen molar-refractivity contribution in [3.05, 3.63) is 0 Å². The highest BCUT2D eigenvalue weighted by Gasteiger charge is 2.38. The minimum atomic E-state index is -1.73. The van der Waals surface area contributed by atoms with Gasteiger partial charge in [0.25, 0.3) is 0 Å². The Morgan fingerprint density at radius 3 is 2.50 bits per heavy atom. The van der Waals surface area contributed by atoms with Gasteiger partial charge in [-0.05, 0) is 18.1 Å². The molecule has 0 aliphatic carbocycles. The molecule has 0 aromatic carbocycles. The summed E-state index contributed by atoms with van der Waals surface area (Å²) in [7, 11) is -1.73. The fourth-order valence-corrected chi connectivity index (χ4v) is 2.11. The van der Waals surface area contributed by atoms with Crippen molar-refractivity contribution in [3.8, 4) is 0 Å². The van der Waals surface area contributed by atoms with Crippen LogP contribution in [-0.4, -0.2) is 40.2 Å². The first-order valence-electron chi connectivity index (χ1n) is 5.63. The van der Waals surface area contributed by atoms with Crippen LogP contribution in [0, 0.1) is 0 Å². The maximum atomic E-state index is 10.8. The molecule has 4 nitrogen and oxygen atoms in total. The Morgan fingerprint density at radius 2 is 2.06 bits per heavy atom. The Morgan fingerprint density at radius 1 is 1.44 bits per heavy atom. The van der Waals surface area contributed by atoms with Gasteiger partial charge >= 0.3 is 5.97 Å². The van der Waals surface area contributed by atoms with Gasteiger partial charge in [0, 0.05) is 0 Å². The molecule has 0 amide bonds. The van der Waals surface area contributed by atoms with Gasteiger partial charge < -0.3 is 13.9 Å². The number of hydrogen-bond acceptors (Lipinski definition) is 4. The summed E-state index contributed by atoms with van der Waals surface area (Å²) in [4.78, 5) is 10.8. The summed E-state index contributed by atoms with van der Waals surface area (Å²) >= 11 is 0. The van der Waals surface area contributed by atoms with Gasteiger partial charge in [0.05, 0.1) is 6.61 Å². The Labute approximate surface area is 98.4 Å². The molecule has 1 atom stereocenters. The van der Waals surface area contributed by atoms with Crippen molar-refractivity contribution in [3.63, 3.8) is 0 Å². The van der Waals surface area contributed by atoms with Gasteiger partial charge in [-0.2, -0.15) is 0 Å². The molecule has 1 heterocycles. The third kappa shape index (κ3) is 3.57. The fraction of sp³-hybridized carbons (Fsp3) is 0.909. The maximum absolute atomic E-state index is 10.8. The lowest BCUT2D eigenvalue weighted by atomic mass is 10.2. The van der Waals surface area contributed by atoms with Gasteiger partial charge in [0.1, 0.15) is 19.3 Å². The largest absolute Gasteiger partial charge is 0.461 e. The molecule has 1 saturated heterocycles. The van der Waals surface area contributed by atoms with E-state index in [0.29, 0.717) is 13.2 Å². The van der Waals surface area contributed by atoms with Gasteiger partial charge in [0.2, 0.25) is 0 Å². The van der Waals surface area contributed by atoms with Crippen LogP contribution in [0.2, 0.25) is 18.1 Å². The van der Waals surface area contributed by atoms with Crippen molar-refractivity contribution in [1.29, 1.82) is 0 Å². The van der Waals surface area contributed by atoms with E-state index in [1.54, 1.807) is 0 Å². The summed E-state index contributed by atoms with van der Waals surface area (Å²) in [5.74, 6) is -0.288. The quantitative estimate of drug-likeness (QED) is 0.564. The number of cyclic esters (lactones) is 1. The monoisotopic (exact) mass is 246 g/mol. The second-order valence-corrected chi connectivity index (χ2v) is 10.5. The van der Waals surface area contributed by atoms with Gasteiger partial charge in [-0.3, -0.25) is 0 Å². The van der Waals surface area contributed by atoms with Crippen molar-refractivity contribution in [2.75, 3.05) is 19.8 Å². The summed E-state index contributed by atoms with van der Waals surface area (Å²) in [5.41, 5.74) is 0. The molecular weight excluding hydrogens is 224 g/mol. The minimum absolute atomic E-state index is 0.0472. The van der Waals surface area contributed by atoms with Crippen molar-refractivity contribution >= 4 is 14.3 Å². The molecule has 0 aromatic heterocycles. The van der Waals surface area contributed by atoms with Crippen molar-refractivity contribution in [1.82, 2.24) is 0 Å². The summed E-state index contributed by atoms with van der Waals surface area (Å²) in [6.45, 7) is 11.9. The molecule has 0 saturated carbocycles. The van der Waals surface area contributed by atoms with E-state index in [2.05, 4.69) is 33.9 Å². The average Bonchev–Trinajstić information content (AvgIpc) is 2.15. The smallest absolute Gasteiger partial charge is 0.332 e. The third-order valence-electron chi connectivity index (χ3n) is 3.30. The summed E-state index contributed by atoms with van der Waals surface area (Å²) in [6.07, 6.45) is -0.105. The van der Waals surface area contributed by atoms with Crippen LogP contribution in [0.1, 0.15) is 20.8 Å². The van der Waals surface area contributed by atoms with E-state index in [4.69, 9.17) is 13.9 Å². The van der Waals surface area contributed by atoms with E-state index in [9.17, 15) is 4.79 Å². The van der Waals surface area contributed by atoms with Crippen LogP contribution in [0.3, 0.4) is 0 Å². The van der Waals surface area contributed by atoms with Crippen LogP contribution < -0.4 is 0 Å². The van der Waals surface area contributed by atoms with Crippen molar-refractivity contribution in [2.45, 2.75) is 45.0 Å². The Kier molecular flexibility index (Phi) is 4.15. The molecule has 16 heavy (non-hydrogen) atoms. The van der Waals surface area contributed by atoms with Crippen molar-refractivity contribution in [2.24, 2.45) is 0 Å². The zero-order valence-electron chi connectivity index (χ0n) is 10.8. The van der Waals surface area contributed by atoms with E-state index >= 15 is 0 Å². The number of carbonyl (C=O) groups excluding carboxylic acids is 1. The van der Waals surface area contributed by atoms with Crippen LogP contribution in [0.4, 0.5) is 0 Å². The van der Waals surface area contributed by atoms with E-state index in [0.717, 1.165) is 0 Å². The minimum Gasteiger partial charge on any atom is -0.461 e. The van der Waals surface area contributed by atoms with Crippen LogP contribution in [0.25, 0.3) is 0 Å². The number of ether oxygens (including phenoxy) is 2. The molecule has 0 aromatic rings. The molecule has 1 fully saturated rings. The van der Waals surface area contributed by atoms with Crippen molar-refractivity contribution < 1.29 is 18.7 Å². The standard InChI is InChI=1S/C11H22O4Si/c1-11(2,3)16(4,5)15-7-9-6-14-10(12)8-13-9/h9H,6-8H2,1-5H3. The lowest BCUT2D eigenvalue weighted by Gasteiger charge is -2.37. The van der Waals surface area contributed by atoms with Gasteiger partial charge in [-0.15, -0.1) is 0 Å². The molecule has 0 bridgehead atoms. The number of carbonyl (C=O) groups is 1. The predicted octanol–water partition coefficient (Wildman–Crippen LogP) is 1.95. The molecule has 0 N–H and O–H groups in total.